The first-order valence-corrected chi connectivity index (χ1v) is 6.21. The van der Waals surface area contributed by atoms with Gasteiger partial charge in [-0.25, -0.2) is 9.97 Å². The van der Waals surface area contributed by atoms with Crippen molar-refractivity contribution in [1.82, 2.24) is 19.7 Å². The number of aryl methyl sites for hydroxylation is 3. The third-order valence-electron chi connectivity index (χ3n) is 2.39. The van der Waals surface area contributed by atoms with Gasteiger partial charge in [-0.3, -0.25) is 4.68 Å². The highest BCUT2D eigenvalue weighted by molar-refractivity contribution is 7.99. The molecule has 2 aromatic rings. The number of aromatic nitrogens is 4. The molecule has 0 spiro atoms. The number of hydrogen-bond donors (Lipinski definition) is 1. The van der Waals surface area contributed by atoms with Crippen LogP contribution >= 0.6 is 11.8 Å². The van der Waals surface area contributed by atoms with Gasteiger partial charge in [0.25, 0.3) is 0 Å². The van der Waals surface area contributed by atoms with Crippen molar-refractivity contribution in [3.8, 4) is 0 Å². The minimum absolute atomic E-state index is 0.688. The van der Waals surface area contributed by atoms with Crippen LogP contribution in [0.4, 0.5) is 5.69 Å². The van der Waals surface area contributed by atoms with Crippen molar-refractivity contribution in [3.05, 3.63) is 23.7 Å². The molecule has 2 aromatic heterocycles. The topological polar surface area (TPSA) is 69.6 Å². The molecule has 0 saturated carbocycles. The molecule has 2 N–H and O–H groups in total. The van der Waals surface area contributed by atoms with E-state index in [4.69, 9.17) is 5.73 Å². The molecule has 0 unspecified atom stereocenters. The van der Waals surface area contributed by atoms with Crippen molar-refractivity contribution < 1.29 is 0 Å². The molecular weight excluding hydrogens is 234 g/mol. The van der Waals surface area contributed by atoms with Gasteiger partial charge in [-0.15, -0.1) is 0 Å². The summed E-state index contributed by atoms with van der Waals surface area (Å²) in [4.78, 5) is 8.49. The van der Waals surface area contributed by atoms with E-state index in [2.05, 4.69) is 15.1 Å². The number of rotatable bonds is 3. The lowest BCUT2D eigenvalue weighted by atomic mass is 10.3. The molecule has 0 radical (unpaired) electrons. The van der Waals surface area contributed by atoms with Crippen molar-refractivity contribution in [2.45, 2.75) is 30.5 Å². The summed E-state index contributed by atoms with van der Waals surface area (Å²) in [7, 11) is 1.88. The second-order valence-electron chi connectivity index (χ2n) is 3.79. The molecule has 0 saturated heterocycles. The van der Waals surface area contributed by atoms with Crippen LogP contribution in [0.3, 0.4) is 0 Å². The molecule has 0 aliphatic rings. The van der Waals surface area contributed by atoms with Crippen molar-refractivity contribution in [2.24, 2.45) is 7.05 Å². The molecule has 17 heavy (non-hydrogen) atoms. The second kappa shape index (κ2) is 4.75. The first kappa shape index (κ1) is 11.9. The van der Waals surface area contributed by atoms with Crippen LogP contribution in [0.2, 0.25) is 0 Å². The van der Waals surface area contributed by atoms with Crippen LogP contribution in [-0.2, 0) is 13.5 Å². The predicted octanol–water partition coefficient (Wildman–Crippen LogP) is 1.81. The molecular formula is C11H15N5S. The standard InChI is InChI=1S/C11H15N5S/c1-4-8-9(12)10(16(3)15-8)17-11-13-5-7(2)6-14-11/h5-6H,4,12H2,1-3H3. The van der Waals surface area contributed by atoms with Gasteiger partial charge in [0.15, 0.2) is 5.16 Å². The molecule has 0 aliphatic carbocycles. The number of nitrogen functional groups attached to an aromatic ring is 1. The Hall–Kier alpha value is -1.56. The maximum atomic E-state index is 6.03. The van der Waals surface area contributed by atoms with E-state index in [1.165, 1.54) is 11.8 Å². The van der Waals surface area contributed by atoms with Gasteiger partial charge in [0.1, 0.15) is 5.03 Å². The first-order valence-electron chi connectivity index (χ1n) is 5.39. The van der Waals surface area contributed by atoms with Crippen molar-refractivity contribution in [3.63, 3.8) is 0 Å². The van der Waals surface area contributed by atoms with Gasteiger partial charge in [-0.05, 0) is 30.7 Å². The summed E-state index contributed by atoms with van der Waals surface area (Å²) in [5.74, 6) is 0. The molecule has 6 heteroatoms. The van der Waals surface area contributed by atoms with Gasteiger partial charge in [0.05, 0.1) is 11.4 Å². The highest BCUT2D eigenvalue weighted by Gasteiger charge is 2.14. The summed E-state index contributed by atoms with van der Waals surface area (Å²) in [5.41, 5.74) is 8.72. The number of nitrogens with zero attached hydrogens (tertiary/aromatic N) is 4. The van der Waals surface area contributed by atoms with Gasteiger partial charge < -0.3 is 5.73 Å². The summed E-state index contributed by atoms with van der Waals surface area (Å²) in [6.07, 6.45) is 4.42. The van der Waals surface area contributed by atoms with Crippen LogP contribution in [0.1, 0.15) is 18.2 Å². The lowest BCUT2D eigenvalue weighted by Crippen LogP contribution is -1.95. The van der Waals surface area contributed by atoms with E-state index < -0.39 is 0 Å². The Morgan fingerprint density at radius 1 is 1.35 bits per heavy atom. The summed E-state index contributed by atoms with van der Waals surface area (Å²) < 4.78 is 1.78. The molecule has 0 atom stereocenters. The zero-order valence-corrected chi connectivity index (χ0v) is 11.0. The fraction of sp³-hybridized carbons (Fsp3) is 0.364. The van der Waals surface area contributed by atoms with Crippen LogP contribution in [0, 0.1) is 6.92 Å². The number of nitrogens with two attached hydrogens (primary N) is 1. The highest BCUT2D eigenvalue weighted by atomic mass is 32.2. The Bertz CT molecular complexity index is 517. The Labute approximate surface area is 104 Å². The smallest absolute Gasteiger partial charge is 0.193 e. The predicted molar refractivity (Wildman–Crippen MR) is 67.9 cm³/mol. The molecule has 0 bridgehead atoms. The molecule has 2 rings (SSSR count). The lowest BCUT2D eigenvalue weighted by Gasteiger charge is -2.01. The Kier molecular flexibility index (Phi) is 3.33. The zero-order chi connectivity index (χ0) is 12.4. The van der Waals surface area contributed by atoms with Crippen LogP contribution < -0.4 is 5.73 Å². The summed E-state index contributed by atoms with van der Waals surface area (Å²) in [6, 6.07) is 0. The van der Waals surface area contributed by atoms with Crippen molar-refractivity contribution >= 4 is 17.4 Å². The van der Waals surface area contributed by atoms with Crippen LogP contribution in [0.25, 0.3) is 0 Å². The zero-order valence-electron chi connectivity index (χ0n) is 10.1. The Balaban J connectivity index is 2.29. The fourth-order valence-corrected chi connectivity index (χ4v) is 2.26. The van der Waals surface area contributed by atoms with E-state index in [9.17, 15) is 0 Å². The van der Waals surface area contributed by atoms with Crippen LogP contribution in [0.15, 0.2) is 22.6 Å². The SMILES string of the molecule is CCc1nn(C)c(Sc2ncc(C)cn2)c1N. The highest BCUT2D eigenvalue weighted by Crippen LogP contribution is 2.31. The van der Waals surface area contributed by atoms with Crippen LogP contribution in [-0.4, -0.2) is 19.7 Å². The third-order valence-corrected chi connectivity index (χ3v) is 3.46. The molecule has 2 heterocycles. The second-order valence-corrected chi connectivity index (χ2v) is 4.74. The lowest BCUT2D eigenvalue weighted by molar-refractivity contribution is 0.686. The van der Waals surface area contributed by atoms with Gasteiger partial charge in [0, 0.05) is 19.4 Å². The maximum absolute atomic E-state index is 6.03. The average Bonchev–Trinajstić information content (AvgIpc) is 2.59. The largest absolute Gasteiger partial charge is 0.395 e. The summed E-state index contributed by atoms with van der Waals surface area (Å²) in [5, 5.41) is 5.94. The van der Waals surface area contributed by atoms with E-state index in [1.807, 2.05) is 20.9 Å². The van der Waals surface area contributed by atoms with E-state index in [0.717, 1.165) is 28.4 Å². The Morgan fingerprint density at radius 3 is 2.53 bits per heavy atom. The molecule has 90 valence electrons. The number of hydrogen-bond acceptors (Lipinski definition) is 5. The number of anilines is 1. The molecule has 0 aromatic carbocycles. The van der Waals surface area contributed by atoms with Crippen molar-refractivity contribution in [1.29, 1.82) is 0 Å². The minimum atomic E-state index is 0.688. The summed E-state index contributed by atoms with van der Waals surface area (Å²) >= 11 is 1.44. The van der Waals surface area contributed by atoms with Crippen LogP contribution in [0.5, 0.6) is 0 Å². The van der Waals surface area contributed by atoms with E-state index in [1.54, 1.807) is 17.1 Å². The van der Waals surface area contributed by atoms with E-state index in [-0.39, 0.29) is 0 Å². The molecule has 0 aliphatic heterocycles. The summed E-state index contributed by atoms with van der Waals surface area (Å²) in [6.45, 7) is 4.00. The van der Waals surface area contributed by atoms with E-state index >= 15 is 0 Å². The van der Waals surface area contributed by atoms with Gasteiger partial charge >= 0.3 is 0 Å². The van der Waals surface area contributed by atoms with Gasteiger partial charge in [-0.2, -0.15) is 5.10 Å². The van der Waals surface area contributed by atoms with Gasteiger partial charge in [-0.1, -0.05) is 6.92 Å². The first-order chi connectivity index (χ1) is 8.11. The monoisotopic (exact) mass is 249 g/mol. The molecule has 0 amide bonds. The van der Waals surface area contributed by atoms with E-state index in [0.29, 0.717) is 5.16 Å². The third kappa shape index (κ3) is 2.41. The van der Waals surface area contributed by atoms with Gasteiger partial charge in [0.2, 0.25) is 0 Å². The molecule has 5 nitrogen and oxygen atoms in total. The quantitative estimate of drug-likeness (QED) is 0.840. The average molecular weight is 249 g/mol. The van der Waals surface area contributed by atoms with Crippen molar-refractivity contribution in [2.75, 3.05) is 5.73 Å². The molecule has 0 fully saturated rings. The maximum Gasteiger partial charge on any atom is 0.193 e. The normalized spacial score (nSPS) is 10.8. The Morgan fingerprint density at radius 2 is 2.00 bits per heavy atom. The fourth-order valence-electron chi connectivity index (χ4n) is 1.48. The minimum Gasteiger partial charge on any atom is -0.395 e.